The van der Waals surface area contributed by atoms with E-state index in [0.717, 1.165) is 22.3 Å². The minimum Gasteiger partial charge on any atom is -0.374 e. The number of benzene rings is 4. The van der Waals surface area contributed by atoms with Crippen LogP contribution in [0.25, 0.3) is 0 Å². The Morgan fingerprint density at radius 3 is 1.30 bits per heavy atom. The van der Waals surface area contributed by atoms with Gasteiger partial charge in [0.05, 0.1) is 33.0 Å². The standard InChI is InChI=1S/C34H35ClO5/c35-34-33(39-24-29-19-11-4-12-20-29)32(38-23-28-17-9-3-10-18-28)31(37-22-27-15-7-2-8-16-27)30(40-34)25-36-21-26-13-5-1-6-14-26/h1-20,30-34H,21-25H2/t30?,31-,32+,33?,34?/m1/s1. The predicted molar refractivity (Wildman–Crippen MR) is 156 cm³/mol. The maximum Gasteiger partial charge on any atom is 0.160 e. The van der Waals surface area contributed by atoms with Crippen LogP contribution in [0.2, 0.25) is 0 Å². The summed E-state index contributed by atoms with van der Waals surface area (Å²) >= 11 is 6.86. The minimum atomic E-state index is -0.744. The largest absolute Gasteiger partial charge is 0.374 e. The molecule has 0 amide bonds. The molecule has 4 aromatic rings. The molecule has 1 aliphatic rings. The first-order chi connectivity index (χ1) is 19.8. The van der Waals surface area contributed by atoms with Crippen LogP contribution in [0.3, 0.4) is 0 Å². The first-order valence-corrected chi connectivity index (χ1v) is 14.1. The van der Waals surface area contributed by atoms with Gasteiger partial charge in [0.2, 0.25) is 0 Å². The first-order valence-electron chi connectivity index (χ1n) is 13.6. The van der Waals surface area contributed by atoms with E-state index in [2.05, 4.69) is 0 Å². The molecule has 1 fully saturated rings. The molecule has 208 valence electrons. The average molecular weight is 559 g/mol. The highest BCUT2D eigenvalue weighted by molar-refractivity contribution is 6.20. The molecule has 0 bridgehead atoms. The molecule has 1 saturated heterocycles. The van der Waals surface area contributed by atoms with Crippen molar-refractivity contribution in [2.75, 3.05) is 6.61 Å². The Balaban J connectivity index is 1.36. The zero-order chi connectivity index (χ0) is 27.4. The Labute approximate surface area is 241 Å². The zero-order valence-electron chi connectivity index (χ0n) is 22.4. The second-order valence-electron chi connectivity index (χ2n) is 9.81. The summed E-state index contributed by atoms with van der Waals surface area (Å²) in [6.07, 6.45) is -1.98. The van der Waals surface area contributed by atoms with Crippen LogP contribution in [-0.2, 0) is 50.1 Å². The average Bonchev–Trinajstić information content (AvgIpc) is 3.01. The van der Waals surface area contributed by atoms with Gasteiger partial charge in [-0.2, -0.15) is 0 Å². The van der Waals surface area contributed by atoms with Gasteiger partial charge >= 0.3 is 0 Å². The van der Waals surface area contributed by atoms with Crippen LogP contribution in [0.15, 0.2) is 121 Å². The molecule has 5 nitrogen and oxygen atoms in total. The molecule has 0 aliphatic carbocycles. The molecule has 0 saturated carbocycles. The Bertz CT molecular complexity index is 1240. The fourth-order valence-corrected chi connectivity index (χ4v) is 5.08. The Morgan fingerprint density at radius 1 is 0.475 bits per heavy atom. The predicted octanol–water partition coefficient (Wildman–Crippen LogP) is 6.92. The number of hydrogen-bond donors (Lipinski definition) is 0. The molecule has 0 N–H and O–H groups in total. The van der Waals surface area contributed by atoms with E-state index in [1.165, 1.54) is 0 Å². The summed E-state index contributed by atoms with van der Waals surface area (Å²) in [5.74, 6) is 0. The van der Waals surface area contributed by atoms with Crippen molar-refractivity contribution in [2.45, 2.75) is 56.4 Å². The Kier molecular flexibility index (Phi) is 10.8. The molecule has 0 spiro atoms. The second-order valence-corrected chi connectivity index (χ2v) is 10.2. The zero-order valence-corrected chi connectivity index (χ0v) is 23.1. The summed E-state index contributed by atoms with van der Waals surface area (Å²) in [7, 11) is 0. The molecule has 1 aliphatic heterocycles. The van der Waals surface area contributed by atoms with Crippen molar-refractivity contribution in [1.82, 2.24) is 0 Å². The minimum absolute atomic E-state index is 0.300. The van der Waals surface area contributed by atoms with E-state index in [1.54, 1.807) is 0 Å². The van der Waals surface area contributed by atoms with Crippen molar-refractivity contribution in [3.63, 3.8) is 0 Å². The van der Waals surface area contributed by atoms with E-state index >= 15 is 0 Å². The van der Waals surface area contributed by atoms with Crippen LogP contribution in [0.1, 0.15) is 22.3 Å². The highest BCUT2D eigenvalue weighted by atomic mass is 35.5. The van der Waals surface area contributed by atoms with E-state index in [1.807, 2.05) is 121 Å². The highest BCUT2D eigenvalue weighted by Crippen LogP contribution is 2.32. The summed E-state index contributed by atoms with van der Waals surface area (Å²) in [6.45, 7) is 1.93. The highest BCUT2D eigenvalue weighted by Gasteiger charge is 2.47. The van der Waals surface area contributed by atoms with Crippen LogP contribution in [-0.4, -0.2) is 36.6 Å². The van der Waals surface area contributed by atoms with Gasteiger partial charge in [0.1, 0.15) is 24.4 Å². The lowest BCUT2D eigenvalue weighted by Gasteiger charge is -2.44. The third-order valence-corrected chi connectivity index (χ3v) is 7.18. The van der Waals surface area contributed by atoms with Crippen molar-refractivity contribution in [1.29, 1.82) is 0 Å². The van der Waals surface area contributed by atoms with Gasteiger partial charge in [-0.15, -0.1) is 0 Å². The van der Waals surface area contributed by atoms with E-state index in [0.29, 0.717) is 33.0 Å². The fraction of sp³-hybridized carbons (Fsp3) is 0.294. The van der Waals surface area contributed by atoms with Gasteiger partial charge in [-0.1, -0.05) is 133 Å². The van der Waals surface area contributed by atoms with Crippen molar-refractivity contribution in [3.8, 4) is 0 Å². The van der Waals surface area contributed by atoms with E-state index in [4.69, 9.17) is 35.3 Å². The monoisotopic (exact) mass is 558 g/mol. The number of halogens is 1. The summed E-state index contributed by atoms with van der Waals surface area (Å²) < 4.78 is 31.9. The maximum atomic E-state index is 6.86. The molecule has 6 heteroatoms. The van der Waals surface area contributed by atoms with E-state index < -0.39 is 30.0 Å². The Morgan fingerprint density at radius 2 is 0.850 bits per heavy atom. The third kappa shape index (κ3) is 8.24. The summed E-state index contributed by atoms with van der Waals surface area (Å²) in [6, 6.07) is 40.2. The van der Waals surface area contributed by atoms with Crippen molar-refractivity contribution in [2.24, 2.45) is 0 Å². The van der Waals surface area contributed by atoms with Crippen LogP contribution in [0, 0.1) is 0 Å². The summed E-state index contributed by atoms with van der Waals surface area (Å²) in [5, 5.41) is 0. The van der Waals surface area contributed by atoms with Crippen LogP contribution >= 0.6 is 11.6 Å². The number of rotatable bonds is 13. The molecule has 1 heterocycles. The Hall–Kier alpha value is -3.03. The van der Waals surface area contributed by atoms with Crippen LogP contribution in [0.4, 0.5) is 0 Å². The third-order valence-electron chi connectivity index (χ3n) is 6.83. The van der Waals surface area contributed by atoms with Crippen LogP contribution < -0.4 is 0 Å². The molecular formula is C34H35ClO5. The number of hydrogen-bond acceptors (Lipinski definition) is 5. The molecule has 5 atom stereocenters. The topological polar surface area (TPSA) is 46.2 Å². The van der Waals surface area contributed by atoms with Crippen molar-refractivity contribution < 1.29 is 23.7 Å². The molecule has 5 rings (SSSR count). The van der Waals surface area contributed by atoms with E-state index in [9.17, 15) is 0 Å². The lowest BCUT2D eigenvalue weighted by molar-refractivity contribution is -0.256. The lowest BCUT2D eigenvalue weighted by atomic mass is 9.99. The van der Waals surface area contributed by atoms with Crippen molar-refractivity contribution >= 4 is 11.6 Å². The van der Waals surface area contributed by atoms with Gasteiger partial charge in [0.15, 0.2) is 5.56 Å². The summed E-state index contributed by atoms with van der Waals surface area (Å²) in [4.78, 5) is 0. The molecule has 3 unspecified atom stereocenters. The van der Waals surface area contributed by atoms with Gasteiger partial charge in [0.25, 0.3) is 0 Å². The van der Waals surface area contributed by atoms with Gasteiger partial charge < -0.3 is 23.7 Å². The molecule has 0 radical (unpaired) electrons. The molecule has 0 aromatic heterocycles. The number of ether oxygens (including phenoxy) is 5. The quantitative estimate of drug-likeness (QED) is 0.167. The van der Waals surface area contributed by atoms with Gasteiger partial charge in [-0.05, 0) is 22.3 Å². The van der Waals surface area contributed by atoms with E-state index in [-0.39, 0.29) is 0 Å². The van der Waals surface area contributed by atoms with Gasteiger partial charge in [-0.25, -0.2) is 0 Å². The number of alkyl halides is 1. The van der Waals surface area contributed by atoms with Gasteiger partial charge in [-0.3, -0.25) is 0 Å². The van der Waals surface area contributed by atoms with Crippen molar-refractivity contribution in [3.05, 3.63) is 144 Å². The van der Waals surface area contributed by atoms with Crippen LogP contribution in [0.5, 0.6) is 0 Å². The smallest absolute Gasteiger partial charge is 0.160 e. The fourth-order valence-electron chi connectivity index (χ4n) is 4.73. The first kappa shape index (κ1) is 28.5. The second kappa shape index (κ2) is 15.1. The maximum absolute atomic E-state index is 6.86. The molecule has 40 heavy (non-hydrogen) atoms. The lowest BCUT2D eigenvalue weighted by Crippen LogP contribution is -2.59. The molecule has 4 aromatic carbocycles. The normalized spacial score (nSPS) is 22.7. The van der Waals surface area contributed by atoms with Gasteiger partial charge in [0, 0.05) is 0 Å². The summed E-state index contributed by atoms with van der Waals surface area (Å²) in [5.41, 5.74) is 3.50. The molecular weight excluding hydrogens is 524 g/mol. The SMILES string of the molecule is ClC1OC(COCc2ccccc2)[C@@H](OCc2ccccc2)[C@H](OCc2ccccc2)C1OCc1ccccc1.